The van der Waals surface area contributed by atoms with Gasteiger partial charge in [-0.3, -0.25) is 14.5 Å². The molecule has 4 rings (SSSR count). The van der Waals surface area contributed by atoms with Crippen molar-refractivity contribution in [3.05, 3.63) is 76.3 Å². The van der Waals surface area contributed by atoms with Crippen LogP contribution in [-0.2, 0) is 4.79 Å². The van der Waals surface area contributed by atoms with Crippen LogP contribution in [0.3, 0.4) is 0 Å². The number of nitrogens with zero attached hydrogens (tertiary/aromatic N) is 3. The van der Waals surface area contributed by atoms with Crippen molar-refractivity contribution in [1.29, 1.82) is 0 Å². The van der Waals surface area contributed by atoms with E-state index >= 15 is 0 Å². The average Bonchev–Trinajstić information content (AvgIpc) is 3.45. The average molecular weight is 435 g/mol. The minimum absolute atomic E-state index is 0.148. The molecule has 1 aliphatic rings. The first-order valence-corrected chi connectivity index (χ1v) is 11.4. The summed E-state index contributed by atoms with van der Waals surface area (Å²) in [7, 11) is 0. The summed E-state index contributed by atoms with van der Waals surface area (Å²) in [5.74, 6) is -0.511. The third kappa shape index (κ3) is 4.82. The van der Waals surface area contributed by atoms with Crippen molar-refractivity contribution in [2.45, 2.75) is 51.6 Å². The lowest BCUT2D eigenvalue weighted by molar-refractivity contribution is -0.123. The summed E-state index contributed by atoms with van der Waals surface area (Å²) in [4.78, 5) is 28.8. The number of hydrogen-bond acceptors (Lipinski definition) is 5. The van der Waals surface area contributed by atoms with E-state index < -0.39 is 6.04 Å². The summed E-state index contributed by atoms with van der Waals surface area (Å²) in [5, 5.41) is 8.80. The Balaban J connectivity index is 1.82. The molecule has 0 aliphatic heterocycles. The third-order valence-electron chi connectivity index (χ3n) is 5.64. The summed E-state index contributed by atoms with van der Waals surface area (Å²) >= 11 is 1.12. The largest absolute Gasteiger partial charge is 0.351 e. The summed E-state index contributed by atoms with van der Waals surface area (Å²) in [6, 6.07) is 14.8. The summed E-state index contributed by atoms with van der Waals surface area (Å²) in [5.41, 5.74) is 3.70. The van der Waals surface area contributed by atoms with E-state index in [-0.39, 0.29) is 23.6 Å². The van der Waals surface area contributed by atoms with Gasteiger partial charge >= 0.3 is 0 Å². The molecule has 31 heavy (non-hydrogen) atoms. The van der Waals surface area contributed by atoms with Crippen molar-refractivity contribution < 1.29 is 9.59 Å². The van der Waals surface area contributed by atoms with Crippen LogP contribution < -0.4 is 10.2 Å². The van der Waals surface area contributed by atoms with Crippen molar-refractivity contribution in [1.82, 2.24) is 14.9 Å². The highest BCUT2D eigenvalue weighted by Crippen LogP contribution is 2.31. The van der Waals surface area contributed by atoms with E-state index in [1.54, 1.807) is 10.3 Å². The predicted octanol–water partition coefficient (Wildman–Crippen LogP) is 4.60. The second kappa shape index (κ2) is 9.39. The molecular formula is C24H26N4O2S. The second-order valence-corrected chi connectivity index (χ2v) is 8.72. The number of nitrogens with one attached hydrogen (secondary N) is 1. The van der Waals surface area contributed by atoms with E-state index in [0.717, 1.165) is 53.9 Å². The number of rotatable bonds is 6. The van der Waals surface area contributed by atoms with Crippen LogP contribution in [0.5, 0.6) is 0 Å². The molecule has 1 aliphatic carbocycles. The molecular weight excluding hydrogens is 408 g/mol. The lowest BCUT2D eigenvalue weighted by atomic mass is 10.00. The molecule has 3 aromatic rings. The van der Waals surface area contributed by atoms with Gasteiger partial charge in [0.25, 0.3) is 5.91 Å². The number of benzene rings is 2. The molecule has 2 aromatic carbocycles. The van der Waals surface area contributed by atoms with Crippen LogP contribution in [0, 0.1) is 13.8 Å². The van der Waals surface area contributed by atoms with Gasteiger partial charge in [-0.05, 0) is 61.5 Å². The predicted molar refractivity (Wildman–Crippen MR) is 122 cm³/mol. The topological polar surface area (TPSA) is 75.2 Å². The summed E-state index contributed by atoms with van der Waals surface area (Å²) < 4.78 is 3.85. The molecule has 0 spiro atoms. The van der Waals surface area contributed by atoms with Crippen molar-refractivity contribution in [2.24, 2.45) is 0 Å². The Hall–Kier alpha value is -3.06. The molecule has 6 nitrogen and oxygen atoms in total. The van der Waals surface area contributed by atoms with E-state index in [0.29, 0.717) is 5.69 Å². The van der Waals surface area contributed by atoms with Crippen LogP contribution in [0.4, 0.5) is 5.69 Å². The standard InChI is InChI=1S/C24H26N4O2S/c1-16-7-5-9-18(13-16)22(23(29)25-19-10-3-4-11-19)28(20-12-6-8-17(2)14-20)24(30)21-15-31-27-26-21/h5-9,12-15,19,22H,3-4,10-11H2,1-2H3,(H,25,29). The van der Waals surface area contributed by atoms with Gasteiger partial charge in [0, 0.05) is 17.1 Å². The van der Waals surface area contributed by atoms with Gasteiger partial charge in [-0.2, -0.15) is 0 Å². The van der Waals surface area contributed by atoms with E-state index in [2.05, 4.69) is 14.9 Å². The summed E-state index contributed by atoms with van der Waals surface area (Å²) in [6.07, 6.45) is 4.18. The first kappa shape index (κ1) is 21.2. The maximum atomic E-state index is 13.6. The van der Waals surface area contributed by atoms with Gasteiger partial charge in [-0.15, -0.1) is 5.10 Å². The SMILES string of the molecule is Cc1cccc(C(C(=O)NC2CCCC2)N(C(=O)c2csnn2)c2cccc(C)c2)c1. The molecule has 0 bridgehead atoms. The Kier molecular flexibility index (Phi) is 6.42. The van der Waals surface area contributed by atoms with Gasteiger partial charge in [0.2, 0.25) is 5.91 Å². The zero-order valence-electron chi connectivity index (χ0n) is 17.7. The highest BCUT2D eigenvalue weighted by atomic mass is 32.1. The van der Waals surface area contributed by atoms with Crippen molar-refractivity contribution in [2.75, 3.05) is 4.90 Å². The monoisotopic (exact) mass is 434 g/mol. The number of aromatic nitrogens is 2. The Morgan fingerprint density at radius 3 is 2.42 bits per heavy atom. The van der Waals surface area contributed by atoms with Gasteiger partial charge in [0.05, 0.1) is 0 Å². The molecule has 7 heteroatoms. The number of hydrogen-bond donors (Lipinski definition) is 1. The molecule has 1 atom stereocenters. The molecule has 0 saturated heterocycles. The van der Waals surface area contributed by atoms with Gasteiger partial charge in [-0.1, -0.05) is 59.3 Å². The molecule has 1 aromatic heterocycles. The minimum atomic E-state index is -0.809. The molecule has 1 unspecified atom stereocenters. The van der Waals surface area contributed by atoms with Gasteiger partial charge in [0.1, 0.15) is 6.04 Å². The van der Waals surface area contributed by atoms with Crippen LogP contribution in [0.1, 0.15) is 58.9 Å². The maximum absolute atomic E-state index is 13.6. The van der Waals surface area contributed by atoms with Crippen molar-refractivity contribution >= 4 is 29.0 Å². The van der Waals surface area contributed by atoms with Gasteiger partial charge < -0.3 is 5.32 Å². The van der Waals surface area contributed by atoms with Crippen molar-refractivity contribution in [3.8, 4) is 0 Å². The first-order valence-electron chi connectivity index (χ1n) is 10.6. The van der Waals surface area contributed by atoms with Crippen LogP contribution in [0.2, 0.25) is 0 Å². The van der Waals surface area contributed by atoms with E-state index in [1.165, 1.54) is 0 Å². The highest BCUT2D eigenvalue weighted by Gasteiger charge is 2.35. The molecule has 2 amide bonds. The zero-order chi connectivity index (χ0) is 21.8. The number of amides is 2. The van der Waals surface area contributed by atoms with Gasteiger partial charge in [0.15, 0.2) is 5.69 Å². The fourth-order valence-electron chi connectivity index (χ4n) is 4.15. The highest BCUT2D eigenvalue weighted by molar-refractivity contribution is 7.03. The van der Waals surface area contributed by atoms with E-state index in [4.69, 9.17) is 0 Å². The Bertz CT molecular complexity index is 1060. The first-order chi connectivity index (χ1) is 15.0. The Morgan fingerprint density at radius 1 is 1.06 bits per heavy atom. The second-order valence-electron chi connectivity index (χ2n) is 8.11. The molecule has 1 saturated carbocycles. The van der Waals surface area contributed by atoms with Crippen molar-refractivity contribution in [3.63, 3.8) is 0 Å². The number of anilines is 1. The quantitative estimate of drug-likeness (QED) is 0.615. The van der Waals surface area contributed by atoms with Gasteiger partial charge in [-0.25, -0.2) is 0 Å². The van der Waals surface area contributed by atoms with Crippen LogP contribution in [0.15, 0.2) is 53.9 Å². The number of carbonyl (C=O) groups excluding carboxylic acids is 2. The minimum Gasteiger partial charge on any atom is -0.351 e. The molecule has 0 radical (unpaired) electrons. The fraction of sp³-hybridized carbons (Fsp3) is 0.333. The maximum Gasteiger partial charge on any atom is 0.280 e. The molecule has 1 N–H and O–H groups in total. The fourth-order valence-corrected chi connectivity index (χ4v) is 4.58. The summed E-state index contributed by atoms with van der Waals surface area (Å²) in [6.45, 7) is 3.95. The van der Waals surface area contributed by atoms with Crippen LogP contribution >= 0.6 is 11.5 Å². The molecule has 1 fully saturated rings. The normalized spacial score (nSPS) is 14.9. The lowest BCUT2D eigenvalue weighted by Crippen LogP contribution is -2.46. The smallest absolute Gasteiger partial charge is 0.280 e. The van der Waals surface area contributed by atoms with Crippen LogP contribution in [-0.4, -0.2) is 27.4 Å². The zero-order valence-corrected chi connectivity index (χ0v) is 18.6. The van der Waals surface area contributed by atoms with E-state index in [1.807, 2.05) is 62.4 Å². The molecule has 1 heterocycles. The molecule has 160 valence electrons. The van der Waals surface area contributed by atoms with E-state index in [9.17, 15) is 9.59 Å². The number of aryl methyl sites for hydroxylation is 2. The van der Waals surface area contributed by atoms with Crippen LogP contribution in [0.25, 0.3) is 0 Å². The lowest BCUT2D eigenvalue weighted by Gasteiger charge is -2.32. The Labute approximate surface area is 186 Å². The Morgan fingerprint density at radius 2 is 1.77 bits per heavy atom. The third-order valence-corrected chi connectivity index (χ3v) is 6.15. The number of carbonyl (C=O) groups is 2.